The van der Waals surface area contributed by atoms with E-state index in [4.69, 9.17) is 14.9 Å². The summed E-state index contributed by atoms with van der Waals surface area (Å²) in [7, 11) is 0. The second-order valence-electron chi connectivity index (χ2n) is 7.34. The van der Waals surface area contributed by atoms with Gasteiger partial charge in [-0.3, -0.25) is 4.79 Å². The number of nitrogens with zero attached hydrogens (tertiary/aromatic N) is 1. The van der Waals surface area contributed by atoms with E-state index in [1.807, 2.05) is 36.4 Å². The number of amides is 2. The van der Waals surface area contributed by atoms with Crippen molar-refractivity contribution in [2.75, 3.05) is 13.2 Å². The van der Waals surface area contributed by atoms with Crippen molar-refractivity contribution in [3.63, 3.8) is 0 Å². The number of carbonyl (C=O) groups excluding carboxylic acids is 2. The van der Waals surface area contributed by atoms with Crippen LogP contribution in [-0.4, -0.2) is 52.4 Å². The molecule has 170 valence electrons. The highest BCUT2D eigenvalue weighted by molar-refractivity contribution is 7.13. The maximum absolute atomic E-state index is 12.3. The number of aromatic nitrogens is 1. The molecule has 4 rings (SSSR count). The van der Waals surface area contributed by atoms with Gasteiger partial charge in [-0.1, -0.05) is 48.5 Å². The Balaban J connectivity index is 1.31. The van der Waals surface area contributed by atoms with Gasteiger partial charge >= 0.3 is 12.1 Å². The summed E-state index contributed by atoms with van der Waals surface area (Å²) in [6.07, 6.45) is 0.676. The fourth-order valence-corrected chi connectivity index (χ4v) is 4.47. The first-order valence-electron chi connectivity index (χ1n) is 10.2. The van der Waals surface area contributed by atoms with E-state index in [-0.39, 0.29) is 23.9 Å². The number of carboxylic acid groups (broad SMARTS) is 1. The molecule has 1 heterocycles. The Kier molecular flexibility index (Phi) is 6.66. The molecule has 0 unspecified atom stereocenters. The monoisotopic (exact) mass is 467 g/mol. The Labute approximate surface area is 193 Å². The van der Waals surface area contributed by atoms with Gasteiger partial charge in [0.2, 0.25) is 0 Å². The Hall–Kier alpha value is -3.76. The van der Waals surface area contributed by atoms with Crippen molar-refractivity contribution in [2.24, 2.45) is 0 Å². The molecule has 9 nitrogen and oxygen atoms in total. The first kappa shape index (κ1) is 22.4. The summed E-state index contributed by atoms with van der Waals surface area (Å²) in [5.41, 5.74) is 4.51. The lowest BCUT2D eigenvalue weighted by molar-refractivity contribution is -0.140. The molecule has 10 heteroatoms. The second-order valence-corrected chi connectivity index (χ2v) is 8.46. The number of thiazole rings is 1. The van der Waals surface area contributed by atoms with Crippen molar-refractivity contribution in [1.29, 1.82) is 0 Å². The van der Waals surface area contributed by atoms with Crippen LogP contribution in [0.5, 0.6) is 0 Å². The summed E-state index contributed by atoms with van der Waals surface area (Å²) >= 11 is 1.00. The van der Waals surface area contributed by atoms with E-state index in [1.165, 1.54) is 6.20 Å². The summed E-state index contributed by atoms with van der Waals surface area (Å²) in [5, 5.41) is 23.2. The SMILES string of the molecule is O=C(NCc1ncc(C(=O)N[C@H](CO)C(=O)O)s1)OCC1c2ccccc2-c2ccccc21. The fraction of sp³-hybridized carbons (Fsp3) is 0.217. The largest absolute Gasteiger partial charge is 0.480 e. The first-order valence-corrected chi connectivity index (χ1v) is 11.0. The van der Waals surface area contributed by atoms with Crippen molar-refractivity contribution in [3.05, 3.63) is 75.7 Å². The molecule has 2 amide bonds. The van der Waals surface area contributed by atoms with Crippen LogP contribution < -0.4 is 10.6 Å². The smallest absolute Gasteiger partial charge is 0.407 e. The van der Waals surface area contributed by atoms with Gasteiger partial charge < -0.3 is 25.6 Å². The molecule has 1 aromatic heterocycles. The Morgan fingerprint density at radius 3 is 2.30 bits per heavy atom. The Morgan fingerprint density at radius 1 is 1.06 bits per heavy atom. The van der Waals surface area contributed by atoms with Crippen LogP contribution in [0.15, 0.2) is 54.7 Å². The quantitative estimate of drug-likeness (QED) is 0.399. The van der Waals surface area contributed by atoms with Crippen LogP contribution in [0.25, 0.3) is 11.1 Å². The van der Waals surface area contributed by atoms with E-state index in [2.05, 4.69) is 27.8 Å². The maximum Gasteiger partial charge on any atom is 0.407 e. The van der Waals surface area contributed by atoms with Gasteiger partial charge in [0.1, 0.15) is 16.5 Å². The minimum Gasteiger partial charge on any atom is -0.480 e. The van der Waals surface area contributed by atoms with Gasteiger partial charge in [-0.15, -0.1) is 11.3 Å². The average molecular weight is 468 g/mol. The number of hydrogen-bond acceptors (Lipinski definition) is 7. The maximum atomic E-state index is 12.3. The Bertz CT molecular complexity index is 1150. The molecule has 0 saturated carbocycles. The molecule has 0 aliphatic heterocycles. The predicted molar refractivity (Wildman–Crippen MR) is 120 cm³/mol. The second kappa shape index (κ2) is 9.80. The zero-order valence-electron chi connectivity index (χ0n) is 17.4. The highest BCUT2D eigenvalue weighted by Gasteiger charge is 2.29. The van der Waals surface area contributed by atoms with Crippen molar-refractivity contribution in [2.45, 2.75) is 18.5 Å². The Morgan fingerprint density at radius 2 is 1.70 bits per heavy atom. The summed E-state index contributed by atoms with van der Waals surface area (Å²) < 4.78 is 5.46. The summed E-state index contributed by atoms with van der Waals surface area (Å²) in [6, 6.07) is 14.7. The standard InChI is InChI=1S/C23H21N3O6S/c27-11-18(22(29)30)26-21(28)19-9-24-20(33-19)10-25-23(31)32-12-17-15-7-3-1-5-13(15)14-6-2-4-8-16(14)17/h1-9,17-18,27H,10-12H2,(H,25,31)(H,26,28)(H,29,30)/t18-/m1/s1. The molecule has 4 N–H and O–H groups in total. The third kappa shape index (κ3) is 4.86. The molecule has 3 aromatic rings. The van der Waals surface area contributed by atoms with Gasteiger partial charge in [0, 0.05) is 5.92 Å². The molecule has 0 radical (unpaired) electrons. The molecule has 2 aromatic carbocycles. The van der Waals surface area contributed by atoms with Gasteiger partial charge in [-0.25, -0.2) is 14.6 Å². The number of rotatable bonds is 8. The van der Waals surface area contributed by atoms with Crippen LogP contribution in [0.2, 0.25) is 0 Å². The summed E-state index contributed by atoms with van der Waals surface area (Å²) in [4.78, 5) is 39.5. The van der Waals surface area contributed by atoms with E-state index in [1.54, 1.807) is 0 Å². The number of alkyl carbamates (subject to hydrolysis) is 1. The van der Waals surface area contributed by atoms with Crippen molar-refractivity contribution in [3.8, 4) is 11.1 Å². The minimum atomic E-state index is -1.40. The van der Waals surface area contributed by atoms with Crippen molar-refractivity contribution < 1.29 is 29.3 Å². The first-order chi connectivity index (χ1) is 16.0. The van der Waals surface area contributed by atoms with E-state index < -0.39 is 30.6 Å². The zero-order valence-corrected chi connectivity index (χ0v) is 18.2. The highest BCUT2D eigenvalue weighted by atomic mass is 32.1. The molecule has 1 aliphatic rings. The number of nitrogens with one attached hydrogen (secondary N) is 2. The number of carbonyl (C=O) groups is 3. The number of aliphatic hydroxyl groups excluding tert-OH is 1. The molecule has 1 aliphatic carbocycles. The number of hydrogen-bond donors (Lipinski definition) is 4. The predicted octanol–water partition coefficient (Wildman–Crippen LogP) is 2.36. The molecular weight excluding hydrogens is 446 g/mol. The number of benzene rings is 2. The normalized spacial score (nSPS) is 13.0. The van der Waals surface area contributed by atoms with Gasteiger partial charge in [0.05, 0.1) is 19.3 Å². The molecule has 33 heavy (non-hydrogen) atoms. The fourth-order valence-electron chi connectivity index (χ4n) is 3.71. The van der Waals surface area contributed by atoms with E-state index in [0.29, 0.717) is 5.01 Å². The van der Waals surface area contributed by atoms with Crippen molar-refractivity contribution >= 4 is 29.3 Å². The number of carboxylic acids is 1. The molecule has 0 spiro atoms. The van der Waals surface area contributed by atoms with Gasteiger partial charge in [0.15, 0.2) is 6.04 Å². The summed E-state index contributed by atoms with van der Waals surface area (Å²) in [6.45, 7) is -0.490. The molecule has 0 bridgehead atoms. The number of aliphatic hydroxyl groups is 1. The molecule has 0 fully saturated rings. The highest BCUT2D eigenvalue weighted by Crippen LogP contribution is 2.44. The number of fused-ring (bicyclic) bond motifs is 3. The average Bonchev–Trinajstić information content (AvgIpc) is 3.42. The van der Waals surface area contributed by atoms with Crippen LogP contribution in [0.3, 0.4) is 0 Å². The number of aliphatic carboxylic acids is 1. The van der Waals surface area contributed by atoms with E-state index in [0.717, 1.165) is 33.6 Å². The molecule has 1 atom stereocenters. The lowest BCUT2D eigenvalue weighted by atomic mass is 9.98. The van der Waals surface area contributed by atoms with Crippen molar-refractivity contribution in [1.82, 2.24) is 15.6 Å². The third-order valence-corrected chi connectivity index (χ3v) is 6.29. The van der Waals surface area contributed by atoms with Gasteiger partial charge in [0.25, 0.3) is 5.91 Å². The molecule has 0 saturated heterocycles. The van der Waals surface area contributed by atoms with Gasteiger partial charge in [-0.05, 0) is 22.3 Å². The van der Waals surface area contributed by atoms with Crippen LogP contribution in [0, 0.1) is 0 Å². The lowest BCUT2D eigenvalue weighted by Gasteiger charge is -2.14. The van der Waals surface area contributed by atoms with Crippen LogP contribution in [0.1, 0.15) is 31.7 Å². The van der Waals surface area contributed by atoms with E-state index >= 15 is 0 Å². The molecular formula is C23H21N3O6S. The van der Waals surface area contributed by atoms with Crippen LogP contribution in [0.4, 0.5) is 4.79 Å². The zero-order chi connectivity index (χ0) is 23.4. The van der Waals surface area contributed by atoms with Crippen LogP contribution >= 0.6 is 11.3 Å². The summed E-state index contributed by atoms with van der Waals surface area (Å²) in [5.74, 6) is -2.05. The number of ether oxygens (including phenoxy) is 1. The van der Waals surface area contributed by atoms with E-state index in [9.17, 15) is 14.4 Å². The van der Waals surface area contributed by atoms with Gasteiger partial charge in [-0.2, -0.15) is 0 Å². The van der Waals surface area contributed by atoms with Crippen LogP contribution in [-0.2, 0) is 16.1 Å². The minimum absolute atomic E-state index is 0.0491. The third-order valence-electron chi connectivity index (χ3n) is 5.29. The lowest BCUT2D eigenvalue weighted by Crippen LogP contribution is -2.43. The topological polar surface area (TPSA) is 138 Å².